The van der Waals surface area contributed by atoms with Gasteiger partial charge in [0.1, 0.15) is 5.82 Å². The molecule has 0 unspecified atom stereocenters. The number of nitrogens with one attached hydrogen (secondary N) is 2. The first-order valence-electron chi connectivity index (χ1n) is 7.70. The maximum absolute atomic E-state index is 5.97. The molecule has 1 aromatic carbocycles. The van der Waals surface area contributed by atoms with Gasteiger partial charge < -0.3 is 10.6 Å². The van der Waals surface area contributed by atoms with Crippen LogP contribution in [0.1, 0.15) is 22.0 Å². The SMILES string of the molecule is Cc1nc(CNc2nc(-c3ccc(Cl)cc3)nc3c2CNC3)cs1. The van der Waals surface area contributed by atoms with E-state index >= 15 is 0 Å². The molecule has 7 heteroatoms. The van der Waals surface area contributed by atoms with Crippen LogP contribution in [0.4, 0.5) is 5.82 Å². The van der Waals surface area contributed by atoms with Crippen molar-refractivity contribution >= 4 is 28.8 Å². The summed E-state index contributed by atoms with van der Waals surface area (Å²) in [5.41, 5.74) is 4.18. The molecule has 0 bridgehead atoms. The number of benzene rings is 1. The highest BCUT2D eigenvalue weighted by atomic mass is 35.5. The van der Waals surface area contributed by atoms with Gasteiger partial charge in [0.2, 0.25) is 0 Å². The number of aryl methyl sites for hydroxylation is 1. The lowest BCUT2D eigenvalue weighted by Gasteiger charge is -2.11. The van der Waals surface area contributed by atoms with Crippen molar-refractivity contribution in [2.75, 3.05) is 5.32 Å². The van der Waals surface area contributed by atoms with E-state index in [1.807, 2.05) is 31.2 Å². The van der Waals surface area contributed by atoms with E-state index in [0.29, 0.717) is 17.4 Å². The topological polar surface area (TPSA) is 62.7 Å². The molecule has 0 atom stereocenters. The number of thiazole rings is 1. The average Bonchev–Trinajstić information content (AvgIpc) is 3.22. The molecule has 1 aliphatic rings. The molecular formula is C17H16ClN5S. The van der Waals surface area contributed by atoms with Crippen molar-refractivity contribution in [2.45, 2.75) is 26.6 Å². The maximum atomic E-state index is 5.97. The zero-order valence-electron chi connectivity index (χ0n) is 13.1. The van der Waals surface area contributed by atoms with Crippen LogP contribution in [0.2, 0.25) is 5.02 Å². The third kappa shape index (κ3) is 3.13. The van der Waals surface area contributed by atoms with Crippen molar-refractivity contribution < 1.29 is 0 Å². The summed E-state index contributed by atoms with van der Waals surface area (Å²) in [6, 6.07) is 7.60. The van der Waals surface area contributed by atoms with Crippen molar-refractivity contribution in [3.8, 4) is 11.4 Å². The van der Waals surface area contributed by atoms with Gasteiger partial charge in [-0.15, -0.1) is 11.3 Å². The fraction of sp³-hybridized carbons (Fsp3) is 0.235. The van der Waals surface area contributed by atoms with Crippen molar-refractivity contribution in [3.63, 3.8) is 0 Å². The second-order valence-electron chi connectivity index (χ2n) is 5.64. The van der Waals surface area contributed by atoms with Crippen LogP contribution >= 0.6 is 22.9 Å². The number of rotatable bonds is 4. The second kappa shape index (κ2) is 6.47. The minimum atomic E-state index is 0.661. The highest BCUT2D eigenvalue weighted by molar-refractivity contribution is 7.09. The Morgan fingerprint density at radius 2 is 2.00 bits per heavy atom. The molecule has 0 spiro atoms. The summed E-state index contributed by atoms with van der Waals surface area (Å²) in [7, 11) is 0. The van der Waals surface area contributed by atoms with Crippen molar-refractivity contribution in [1.82, 2.24) is 20.3 Å². The van der Waals surface area contributed by atoms with Crippen LogP contribution in [0.5, 0.6) is 0 Å². The van der Waals surface area contributed by atoms with Crippen LogP contribution in [0, 0.1) is 6.92 Å². The number of halogens is 1. The number of nitrogens with zero attached hydrogens (tertiary/aromatic N) is 3. The predicted octanol–water partition coefficient (Wildman–Crippen LogP) is 3.78. The summed E-state index contributed by atoms with van der Waals surface area (Å²) in [4.78, 5) is 13.9. The second-order valence-corrected chi connectivity index (χ2v) is 7.14. The van der Waals surface area contributed by atoms with Gasteiger partial charge >= 0.3 is 0 Å². The van der Waals surface area contributed by atoms with Crippen molar-refractivity contribution in [3.05, 3.63) is 56.6 Å². The van der Waals surface area contributed by atoms with Gasteiger partial charge in [0, 0.05) is 34.6 Å². The lowest BCUT2D eigenvalue weighted by atomic mass is 10.2. The molecule has 122 valence electrons. The van der Waals surface area contributed by atoms with E-state index in [9.17, 15) is 0 Å². The van der Waals surface area contributed by atoms with Crippen LogP contribution in [-0.2, 0) is 19.6 Å². The smallest absolute Gasteiger partial charge is 0.161 e. The Kier molecular flexibility index (Phi) is 4.18. The van der Waals surface area contributed by atoms with Crippen LogP contribution in [0.25, 0.3) is 11.4 Å². The number of hydrogen-bond acceptors (Lipinski definition) is 6. The zero-order valence-corrected chi connectivity index (χ0v) is 14.7. The van der Waals surface area contributed by atoms with Crippen molar-refractivity contribution in [2.24, 2.45) is 0 Å². The number of aromatic nitrogens is 3. The normalized spacial score (nSPS) is 13.1. The summed E-state index contributed by atoms with van der Waals surface area (Å²) in [6.45, 7) is 4.23. The van der Waals surface area contributed by atoms with Gasteiger partial charge in [-0.25, -0.2) is 15.0 Å². The Hall–Kier alpha value is -2.02. The van der Waals surface area contributed by atoms with E-state index in [2.05, 4.69) is 21.0 Å². The summed E-state index contributed by atoms with van der Waals surface area (Å²) < 4.78 is 0. The quantitative estimate of drug-likeness (QED) is 0.744. The van der Waals surface area contributed by atoms with Gasteiger partial charge in [0.25, 0.3) is 0 Å². The molecule has 0 radical (unpaired) electrons. The highest BCUT2D eigenvalue weighted by Crippen LogP contribution is 2.26. The van der Waals surface area contributed by atoms with E-state index < -0.39 is 0 Å². The third-order valence-corrected chi connectivity index (χ3v) is 4.97. The van der Waals surface area contributed by atoms with Gasteiger partial charge in [0.15, 0.2) is 5.82 Å². The van der Waals surface area contributed by atoms with E-state index in [-0.39, 0.29) is 0 Å². The molecule has 5 nitrogen and oxygen atoms in total. The number of hydrogen-bond donors (Lipinski definition) is 2. The van der Waals surface area contributed by atoms with E-state index in [1.54, 1.807) is 11.3 Å². The maximum Gasteiger partial charge on any atom is 0.161 e. The van der Waals surface area contributed by atoms with Crippen LogP contribution < -0.4 is 10.6 Å². The molecule has 3 heterocycles. The summed E-state index contributed by atoms with van der Waals surface area (Å²) in [5, 5.41) is 10.6. The Bertz CT molecular complexity index is 875. The van der Waals surface area contributed by atoms with Crippen LogP contribution in [-0.4, -0.2) is 15.0 Å². The molecule has 0 amide bonds. The third-order valence-electron chi connectivity index (χ3n) is 3.89. The minimum absolute atomic E-state index is 0.661. The van der Waals surface area contributed by atoms with Gasteiger partial charge in [-0.3, -0.25) is 0 Å². The molecule has 1 aliphatic heterocycles. The zero-order chi connectivity index (χ0) is 16.5. The molecular weight excluding hydrogens is 342 g/mol. The first-order chi connectivity index (χ1) is 11.7. The predicted molar refractivity (Wildman–Crippen MR) is 97.2 cm³/mol. The first kappa shape index (κ1) is 15.5. The Morgan fingerprint density at radius 3 is 2.75 bits per heavy atom. The molecule has 24 heavy (non-hydrogen) atoms. The lowest BCUT2D eigenvalue weighted by molar-refractivity contribution is 0.758. The van der Waals surface area contributed by atoms with Gasteiger partial charge in [-0.1, -0.05) is 11.6 Å². The molecule has 4 rings (SSSR count). The molecule has 2 N–H and O–H groups in total. The van der Waals surface area contributed by atoms with E-state index in [1.165, 1.54) is 0 Å². The highest BCUT2D eigenvalue weighted by Gasteiger charge is 2.19. The number of fused-ring (bicyclic) bond motifs is 1. The van der Waals surface area contributed by atoms with Crippen LogP contribution in [0.15, 0.2) is 29.6 Å². The molecule has 0 aliphatic carbocycles. The Balaban J connectivity index is 1.66. The fourth-order valence-electron chi connectivity index (χ4n) is 2.71. The molecule has 0 saturated heterocycles. The molecule has 3 aromatic rings. The van der Waals surface area contributed by atoms with Gasteiger partial charge in [-0.2, -0.15) is 0 Å². The summed E-state index contributed by atoms with van der Waals surface area (Å²) >= 11 is 7.63. The first-order valence-corrected chi connectivity index (χ1v) is 8.96. The minimum Gasteiger partial charge on any atom is -0.364 e. The van der Waals surface area contributed by atoms with Gasteiger partial charge in [0.05, 0.1) is 22.9 Å². The largest absolute Gasteiger partial charge is 0.364 e. The molecule has 0 fully saturated rings. The van der Waals surface area contributed by atoms with E-state index in [4.69, 9.17) is 21.6 Å². The summed E-state index contributed by atoms with van der Waals surface area (Å²) in [5.74, 6) is 1.59. The fourth-order valence-corrected chi connectivity index (χ4v) is 3.44. The molecule has 0 saturated carbocycles. The van der Waals surface area contributed by atoms with Gasteiger partial charge in [-0.05, 0) is 31.2 Å². The van der Waals surface area contributed by atoms with Crippen LogP contribution in [0.3, 0.4) is 0 Å². The van der Waals surface area contributed by atoms with Crippen molar-refractivity contribution in [1.29, 1.82) is 0 Å². The average molecular weight is 358 g/mol. The van der Waals surface area contributed by atoms with E-state index in [0.717, 1.165) is 46.4 Å². The summed E-state index contributed by atoms with van der Waals surface area (Å²) in [6.07, 6.45) is 0. The Labute approximate surface area is 149 Å². The standard InChI is InChI=1S/C17H16ClN5S/c1-10-21-13(9-24-10)6-20-17-14-7-19-8-15(14)22-16(23-17)11-2-4-12(18)5-3-11/h2-5,9,19H,6-8H2,1H3,(H,20,22,23). The molecule has 2 aromatic heterocycles. The lowest BCUT2D eigenvalue weighted by Crippen LogP contribution is -2.08. The Morgan fingerprint density at radius 1 is 1.17 bits per heavy atom. The monoisotopic (exact) mass is 357 g/mol. The number of anilines is 1.